The number of aryl methyl sites for hydroxylation is 1. The molecule has 0 spiro atoms. The first-order valence-electron chi connectivity index (χ1n) is 6.75. The molecule has 2 aromatic rings. The third kappa shape index (κ3) is 2.58. The maximum Gasteiger partial charge on any atom is 0.183 e. The van der Waals surface area contributed by atoms with Crippen LogP contribution in [0.25, 0.3) is 0 Å². The molecule has 0 atom stereocenters. The summed E-state index contributed by atoms with van der Waals surface area (Å²) in [6, 6.07) is 2.51. The maximum atomic E-state index is 9.06. The van der Waals surface area contributed by atoms with Crippen molar-refractivity contribution in [3.05, 3.63) is 35.6 Å². The summed E-state index contributed by atoms with van der Waals surface area (Å²) in [7, 11) is 2.08. The first kappa shape index (κ1) is 13.5. The Morgan fingerprint density at radius 2 is 2.19 bits per heavy atom. The molecule has 1 saturated heterocycles. The van der Waals surface area contributed by atoms with Crippen molar-refractivity contribution in [1.29, 1.82) is 5.26 Å². The van der Waals surface area contributed by atoms with Crippen molar-refractivity contribution in [3.63, 3.8) is 0 Å². The molecule has 1 aliphatic heterocycles. The van der Waals surface area contributed by atoms with Crippen molar-refractivity contribution < 1.29 is 4.52 Å². The highest BCUT2D eigenvalue weighted by molar-refractivity contribution is 5.51. The van der Waals surface area contributed by atoms with Crippen LogP contribution in [0.5, 0.6) is 0 Å². The van der Waals surface area contributed by atoms with E-state index in [1.165, 1.54) is 0 Å². The number of likely N-dealkylation sites (N-methyl/N-ethyl adjacent to an activating group) is 1. The van der Waals surface area contributed by atoms with E-state index in [0.717, 1.165) is 31.0 Å². The van der Waals surface area contributed by atoms with Crippen LogP contribution in [0, 0.1) is 18.3 Å². The summed E-state index contributed by atoms with van der Waals surface area (Å²) in [4.78, 5) is 12.6. The van der Waals surface area contributed by atoms with Crippen LogP contribution in [0.2, 0.25) is 0 Å². The maximum absolute atomic E-state index is 9.06. The molecule has 0 amide bonds. The van der Waals surface area contributed by atoms with Crippen LogP contribution < -0.4 is 4.90 Å². The van der Waals surface area contributed by atoms with Gasteiger partial charge in [0.25, 0.3) is 0 Å². The average molecular weight is 284 g/mol. The number of nitriles is 1. The van der Waals surface area contributed by atoms with Crippen LogP contribution in [-0.4, -0.2) is 46.2 Å². The van der Waals surface area contributed by atoms with E-state index < -0.39 is 0 Å². The van der Waals surface area contributed by atoms with E-state index in [9.17, 15) is 0 Å². The molecular weight excluding hydrogens is 268 g/mol. The molecule has 21 heavy (non-hydrogen) atoms. The molecule has 2 aromatic heterocycles. The third-order valence-electron chi connectivity index (χ3n) is 3.84. The van der Waals surface area contributed by atoms with Crippen LogP contribution >= 0.6 is 0 Å². The lowest BCUT2D eigenvalue weighted by molar-refractivity contribution is 0.195. The van der Waals surface area contributed by atoms with Gasteiger partial charge in [0.15, 0.2) is 11.5 Å². The van der Waals surface area contributed by atoms with E-state index in [0.29, 0.717) is 17.6 Å². The molecule has 1 aliphatic rings. The van der Waals surface area contributed by atoms with Gasteiger partial charge in [-0.15, -0.1) is 0 Å². The summed E-state index contributed by atoms with van der Waals surface area (Å²) in [5.41, 5.74) is 1.49. The van der Waals surface area contributed by atoms with E-state index in [1.54, 1.807) is 18.6 Å². The van der Waals surface area contributed by atoms with Gasteiger partial charge in [-0.3, -0.25) is 4.90 Å². The Kier molecular flexibility index (Phi) is 3.54. The molecule has 108 valence electrons. The Hall–Kier alpha value is -2.46. The smallest absolute Gasteiger partial charge is 0.183 e. The van der Waals surface area contributed by atoms with Crippen molar-refractivity contribution in [1.82, 2.24) is 20.0 Å². The van der Waals surface area contributed by atoms with Gasteiger partial charge in [0.05, 0.1) is 6.20 Å². The van der Waals surface area contributed by atoms with Crippen molar-refractivity contribution >= 4 is 5.82 Å². The second kappa shape index (κ2) is 5.50. The monoisotopic (exact) mass is 284 g/mol. The zero-order chi connectivity index (χ0) is 14.8. The summed E-state index contributed by atoms with van der Waals surface area (Å²) < 4.78 is 5.08. The second-order valence-corrected chi connectivity index (χ2v) is 5.22. The zero-order valence-corrected chi connectivity index (χ0v) is 12.0. The van der Waals surface area contributed by atoms with Gasteiger partial charge in [-0.1, -0.05) is 5.16 Å². The van der Waals surface area contributed by atoms with Crippen LogP contribution in [0.15, 0.2) is 23.1 Å². The number of hydrogen-bond acceptors (Lipinski definition) is 7. The van der Waals surface area contributed by atoms with Crippen molar-refractivity contribution in [3.8, 4) is 6.07 Å². The Labute approximate surface area is 122 Å². The largest absolute Gasteiger partial charge is 0.361 e. The van der Waals surface area contributed by atoms with Gasteiger partial charge in [0, 0.05) is 43.6 Å². The topological polar surface area (TPSA) is 82.1 Å². The van der Waals surface area contributed by atoms with Crippen LogP contribution in [0.3, 0.4) is 0 Å². The Morgan fingerprint density at radius 1 is 1.43 bits per heavy atom. The van der Waals surface area contributed by atoms with Crippen molar-refractivity contribution in [2.24, 2.45) is 0 Å². The Morgan fingerprint density at radius 3 is 2.86 bits per heavy atom. The Balaban J connectivity index is 1.61. The summed E-state index contributed by atoms with van der Waals surface area (Å²) in [6.45, 7) is 4.41. The molecule has 7 heteroatoms. The average Bonchev–Trinajstić information content (AvgIpc) is 2.83. The lowest BCUT2D eigenvalue weighted by Crippen LogP contribution is -2.58. The number of aromatic nitrogens is 3. The highest BCUT2D eigenvalue weighted by Gasteiger charge is 2.32. The van der Waals surface area contributed by atoms with Crippen molar-refractivity contribution in [2.75, 3.05) is 25.0 Å². The predicted molar refractivity (Wildman–Crippen MR) is 75.5 cm³/mol. The molecular formula is C14H16N6O. The van der Waals surface area contributed by atoms with E-state index in [-0.39, 0.29) is 0 Å². The fraction of sp³-hybridized carbons (Fsp3) is 0.429. The summed E-state index contributed by atoms with van der Waals surface area (Å²) in [6.07, 6.45) is 4.92. The first-order valence-corrected chi connectivity index (χ1v) is 6.75. The second-order valence-electron chi connectivity index (χ2n) is 5.22. The van der Waals surface area contributed by atoms with E-state index in [1.807, 2.05) is 6.92 Å². The molecule has 1 fully saturated rings. The molecule has 0 saturated carbocycles. The first-order chi connectivity index (χ1) is 10.2. The van der Waals surface area contributed by atoms with Gasteiger partial charge in [0.1, 0.15) is 11.8 Å². The lowest BCUT2D eigenvalue weighted by Gasteiger charge is -2.44. The van der Waals surface area contributed by atoms with Gasteiger partial charge in [-0.2, -0.15) is 5.26 Å². The van der Waals surface area contributed by atoms with E-state index in [4.69, 9.17) is 9.78 Å². The molecule has 0 aromatic carbocycles. The molecule has 0 N–H and O–H groups in total. The van der Waals surface area contributed by atoms with E-state index in [2.05, 4.69) is 38.0 Å². The molecule has 3 heterocycles. The highest BCUT2D eigenvalue weighted by Crippen LogP contribution is 2.24. The van der Waals surface area contributed by atoms with Gasteiger partial charge in [-0.25, -0.2) is 9.97 Å². The molecule has 7 nitrogen and oxygen atoms in total. The third-order valence-corrected chi connectivity index (χ3v) is 3.84. The minimum Gasteiger partial charge on any atom is -0.361 e. The highest BCUT2D eigenvalue weighted by atomic mass is 16.5. The van der Waals surface area contributed by atoms with Gasteiger partial charge in [0.2, 0.25) is 0 Å². The normalized spacial score (nSPS) is 15.0. The molecule has 0 bridgehead atoms. The van der Waals surface area contributed by atoms with Gasteiger partial charge < -0.3 is 9.42 Å². The minimum absolute atomic E-state index is 0.383. The number of anilines is 1. The van der Waals surface area contributed by atoms with E-state index >= 15 is 0 Å². The summed E-state index contributed by atoms with van der Waals surface area (Å²) in [5, 5.41) is 12.9. The number of rotatable bonds is 4. The fourth-order valence-electron chi connectivity index (χ4n) is 2.42. The lowest BCUT2D eigenvalue weighted by atomic mass is 10.1. The molecule has 0 unspecified atom stereocenters. The standard InChI is InChI=1S/C14H16N6O/c1-10-11(6-18-21-10)7-19(2)12-8-20(9-12)14-13(5-15)16-3-4-17-14/h3-4,6,12H,7-9H2,1-2H3. The molecule has 3 rings (SSSR count). The van der Waals surface area contributed by atoms with Crippen LogP contribution in [0.1, 0.15) is 17.0 Å². The predicted octanol–water partition coefficient (Wildman–Crippen LogP) is 0.965. The zero-order valence-electron chi connectivity index (χ0n) is 12.0. The number of nitrogens with zero attached hydrogens (tertiary/aromatic N) is 6. The summed E-state index contributed by atoms with van der Waals surface area (Å²) in [5.74, 6) is 1.53. The minimum atomic E-state index is 0.383. The van der Waals surface area contributed by atoms with Gasteiger partial charge in [-0.05, 0) is 14.0 Å². The van der Waals surface area contributed by atoms with Crippen LogP contribution in [-0.2, 0) is 6.54 Å². The molecule has 0 radical (unpaired) electrons. The SMILES string of the molecule is Cc1oncc1CN(C)C1CN(c2nccnc2C#N)C1. The van der Waals surface area contributed by atoms with Crippen molar-refractivity contribution in [2.45, 2.75) is 19.5 Å². The summed E-state index contributed by atoms with van der Waals surface area (Å²) >= 11 is 0. The quantitative estimate of drug-likeness (QED) is 0.827. The number of hydrogen-bond donors (Lipinski definition) is 0. The fourth-order valence-corrected chi connectivity index (χ4v) is 2.42. The van der Waals surface area contributed by atoms with Crippen LogP contribution in [0.4, 0.5) is 5.82 Å². The van der Waals surface area contributed by atoms with Gasteiger partial charge >= 0.3 is 0 Å². The molecule has 0 aliphatic carbocycles. The Bertz CT molecular complexity index is 670.